The molecule has 1 aliphatic heterocycles. The first-order valence-electron chi connectivity index (χ1n) is 7.94. The maximum Gasteiger partial charge on any atom is 0.261 e. The van der Waals surface area contributed by atoms with Crippen molar-refractivity contribution in [1.29, 1.82) is 0 Å². The lowest BCUT2D eigenvalue weighted by molar-refractivity contribution is 0.0657. The normalized spacial score (nSPS) is 15.8. The lowest BCUT2D eigenvalue weighted by atomic mass is 10.1. The third-order valence-corrected chi connectivity index (χ3v) is 4.56. The fraction of sp³-hybridized carbons (Fsp3) is 0.353. The Labute approximate surface area is 144 Å². The molecule has 124 valence electrons. The molecule has 4 rings (SSSR count). The average Bonchev–Trinajstić information content (AvgIpc) is 3.22. The van der Waals surface area contributed by atoms with Gasteiger partial charge in [0.05, 0.1) is 17.8 Å². The van der Waals surface area contributed by atoms with Crippen molar-refractivity contribution < 1.29 is 9.26 Å². The minimum Gasteiger partial charge on any atom is -0.381 e. The van der Waals surface area contributed by atoms with Gasteiger partial charge in [-0.05, 0) is 31.9 Å². The number of hydrogen-bond donors (Lipinski definition) is 0. The average molecular weight is 345 g/mol. The van der Waals surface area contributed by atoms with Crippen LogP contribution in [0, 0.1) is 6.92 Å². The third-order valence-electron chi connectivity index (χ3n) is 4.32. The number of nitrogens with zero attached hydrogens (tertiary/aromatic N) is 4. The first kappa shape index (κ1) is 15.4. The molecule has 2 aromatic heterocycles. The van der Waals surface area contributed by atoms with E-state index in [2.05, 4.69) is 15.2 Å². The zero-order valence-corrected chi connectivity index (χ0v) is 14.0. The molecule has 0 bridgehead atoms. The van der Waals surface area contributed by atoms with Crippen molar-refractivity contribution in [2.75, 3.05) is 13.2 Å². The molecule has 0 atom stereocenters. The van der Waals surface area contributed by atoms with Gasteiger partial charge in [0.15, 0.2) is 0 Å². The van der Waals surface area contributed by atoms with Crippen LogP contribution in [0.3, 0.4) is 0 Å². The molecule has 1 aliphatic rings. The second kappa shape index (κ2) is 6.37. The van der Waals surface area contributed by atoms with E-state index in [1.54, 1.807) is 6.20 Å². The molecule has 0 N–H and O–H groups in total. The largest absolute Gasteiger partial charge is 0.381 e. The number of halogens is 1. The van der Waals surface area contributed by atoms with Crippen molar-refractivity contribution >= 4 is 11.6 Å². The quantitative estimate of drug-likeness (QED) is 0.720. The van der Waals surface area contributed by atoms with E-state index < -0.39 is 0 Å². The number of hydrogen-bond acceptors (Lipinski definition) is 5. The van der Waals surface area contributed by atoms with Gasteiger partial charge in [0.25, 0.3) is 5.89 Å². The summed E-state index contributed by atoms with van der Waals surface area (Å²) in [6, 6.07) is 7.76. The fourth-order valence-electron chi connectivity index (χ4n) is 3.01. The molecule has 0 saturated carbocycles. The summed E-state index contributed by atoms with van der Waals surface area (Å²) in [5.74, 6) is 0.992. The minimum absolute atomic E-state index is 0.364. The Morgan fingerprint density at radius 2 is 2.08 bits per heavy atom. The van der Waals surface area contributed by atoms with Gasteiger partial charge in [0.1, 0.15) is 0 Å². The standard InChI is InChI=1S/C17H17ClN4O2/c1-11-15(10-19-22(11)14-5-7-23-8-6-14)17-20-16(21-24-17)12-3-2-4-13(18)9-12/h2-4,9-10,14H,5-8H2,1H3. The Balaban J connectivity index is 1.64. The molecule has 0 aliphatic carbocycles. The van der Waals surface area contributed by atoms with Crippen LogP contribution in [-0.2, 0) is 4.74 Å². The highest BCUT2D eigenvalue weighted by Crippen LogP contribution is 2.29. The van der Waals surface area contributed by atoms with E-state index in [1.807, 2.05) is 35.9 Å². The van der Waals surface area contributed by atoms with Crippen molar-refractivity contribution in [3.8, 4) is 22.8 Å². The summed E-state index contributed by atoms with van der Waals surface area (Å²) >= 11 is 6.02. The molecule has 1 fully saturated rings. The van der Waals surface area contributed by atoms with Crippen LogP contribution < -0.4 is 0 Å². The Kier molecular flexibility index (Phi) is 4.08. The SMILES string of the molecule is Cc1c(-c2nc(-c3cccc(Cl)c3)no2)cnn1C1CCOCC1. The topological polar surface area (TPSA) is 66.0 Å². The summed E-state index contributed by atoms with van der Waals surface area (Å²) in [7, 11) is 0. The third kappa shape index (κ3) is 2.83. The number of aromatic nitrogens is 4. The van der Waals surface area contributed by atoms with Crippen LogP contribution in [0.15, 0.2) is 35.0 Å². The van der Waals surface area contributed by atoms with Gasteiger partial charge in [-0.25, -0.2) is 0 Å². The van der Waals surface area contributed by atoms with Crippen molar-refractivity contribution in [3.63, 3.8) is 0 Å². The van der Waals surface area contributed by atoms with Crippen LogP contribution in [0.4, 0.5) is 0 Å². The van der Waals surface area contributed by atoms with Crippen LogP contribution in [0.5, 0.6) is 0 Å². The van der Waals surface area contributed by atoms with Gasteiger partial charge in [0, 0.05) is 29.5 Å². The predicted octanol–water partition coefficient (Wildman–Crippen LogP) is 3.91. The second-order valence-corrected chi connectivity index (χ2v) is 6.30. The van der Waals surface area contributed by atoms with Crippen LogP contribution >= 0.6 is 11.6 Å². The molecule has 6 nitrogen and oxygen atoms in total. The highest BCUT2D eigenvalue weighted by atomic mass is 35.5. The molecule has 1 saturated heterocycles. The summed E-state index contributed by atoms with van der Waals surface area (Å²) in [6.45, 7) is 3.58. The maximum atomic E-state index is 6.02. The number of rotatable bonds is 3. The summed E-state index contributed by atoms with van der Waals surface area (Å²) < 4.78 is 12.9. The highest BCUT2D eigenvalue weighted by molar-refractivity contribution is 6.30. The molecule has 0 unspecified atom stereocenters. The highest BCUT2D eigenvalue weighted by Gasteiger charge is 2.22. The summed E-state index contributed by atoms with van der Waals surface area (Å²) in [5.41, 5.74) is 2.72. The van der Waals surface area contributed by atoms with Crippen molar-refractivity contribution in [2.24, 2.45) is 0 Å². The molecular formula is C17H17ClN4O2. The van der Waals surface area contributed by atoms with Crippen LogP contribution in [-0.4, -0.2) is 33.1 Å². The van der Waals surface area contributed by atoms with Gasteiger partial charge in [0.2, 0.25) is 5.82 Å². The molecule has 7 heteroatoms. The Morgan fingerprint density at radius 3 is 2.88 bits per heavy atom. The zero-order chi connectivity index (χ0) is 16.5. The van der Waals surface area contributed by atoms with Crippen LogP contribution in [0.1, 0.15) is 24.6 Å². The van der Waals surface area contributed by atoms with E-state index >= 15 is 0 Å². The van der Waals surface area contributed by atoms with Gasteiger partial charge >= 0.3 is 0 Å². The molecule has 3 heterocycles. The van der Waals surface area contributed by atoms with Crippen LogP contribution in [0.2, 0.25) is 5.02 Å². The summed E-state index contributed by atoms with van der Waals surface area (Å²) in [4.78, 5) is 4.50. The Morgan fingerprint density at radius 1 is 1.25 bits per heavy atom. The molecule has 0 spiro atoms. The van der Waals surface area contributed by atoms with Gasteiger partial charge < -0.3 is 9.26 Å². The van der Waals surface area contributed by atoms with Crippen molar-refractivity contribution in [2.45, 2.75) is 25.8 Å². The molecule has 1 aromatic carbocycles. The van der Waals surface area contributed by atoms with Gasteiger partial charge in [-0.15, -0.1) is 0 Å². The van der Waals surface area contributed by atoms with Gasteiger partial charge in [-0.2, -0.15) is 10.1 Å². The van der Waals surface area contributed by atoms with Crippen molar-refractivity contribution in [3.05, 3.63) is 41.2 Å². The maximum absolute atomic E-state index is 6.02. The first-order chi connectivity index (χ1) is 11.7. The summed E-state index contributed by atoms with van der Waals surface area (Å²) in [6.07, 6.45) is 3.74. The van der Waals surface area contributed by atoms with E-state index in [4.69, 9.17) is 20.9 Å². The smallest absolute Gasteiger partial charge is 0.261 e. The molecular weight excluding hydrogens is 328 g/mol. The Bertz CT molecular complexity index is 852. The van der Waals surface area contributed by atoms with E-state index in [0.29, 0.717) is 22.8 Å². The second-order valence-electron chi connectivity index (χ2n) is 5.87. The lowest BCUT2D eigenvalue weighted by Crippen LogP contribution is -2.21. The monoisotopic (exact) mass is 344 g/mol. The van der Waals surface area contributed by atoms with E-state index in [-0.39, 0.29) is 0 Å². The summed E-state index contributed by atoms with van der Waals surface area (Å²) in [5, 5.41) is 9.23. The van der Waals surface area contributed by atoms with E-state index in [1.165, 1.54) is 0 Å². The van der Waals surface area contributed by atoms with Gasteiger partial charge in [-0.3, -0.25) is 4.68 Å². The molecule has 24 heavy (non-hydrogen) atoms. The Hall–Kier alpha value is -2.18. The number of ether oxygens (including phenoxy) is 1. The predicted molar refractivity (Wildman–Crippen MR) is 89.8 cm³/mol. The number of benzene rings is 1. The zero-order valence-electron chi connectivity index (χ0n) is 13.3. The van der Waals surface area contributed by atoms with E-state index in [0.717, 1.165) is 42.9 Å². The van der Waals surface area contributed by atoms with Gasteiger partial charge in [-0.1, -0.05) is 28.9 Å². The molecule has 3 aromatic rings. The minimum atomic E-state index is 0.364. The van der Waals surface area contributed by atoms with E-state index in [9.17, 15) is 0 Å². The lowest BCUT2D eigenvalue weighted by Gasteiger charge is -2.23. The van der Waals surface area contributed by atoms with Crippen molar-refractivity contribution in [1.82, 2.24) is 19.9 Å². The molecule has 0 amide bonds. The fourth-order valence-corrected chi connectivity index (χ4v) is 3.20. The first-order valence-corrected chi connectivity index (χ1v) is 8.32. The van der Waals surface area contributed by atoms with Crippen LogP contribution in [0.25, 0.3) is 22.8 Å². The molecule has 0 radical (unpaired) electrons.